The van der Waals surface area contributed by atoms with E-state index >= 15 is 0 Å². The van der Waals surface area contributed by atoms with Gasteiger partial charge in [-0.2, -0.15) is 24.0 Å². The van der Waals surface area contributed by atoms with Crippen molar-refractivity contribution in [2.75, 3.05) is 39.8 Å². The third kappa shape index (κ3) is 18.5. The van der Waals surface area contributed by atoms with Crippen molar-refractivity contribution in [3.05, 3.63) is 27.7 Å². The zero-order valence-corrected chi connectivity index (χ0v) is 64.6. The number of anilines is 3. The molecule has 107 heavy (non-hydrogen) atoms. The average Bonchev–Trinajstić information content (AvgIpc) is 1.69. The highest BCUT2D eigenvalue weighted by molar-refractivity contribution is 7.99. The summed E-state index contributed by atoms with van der Waals surface area (Å²) in [7, 11) is -28.8. The van der Waals surface area contributed by atoms with Crippen molar-refractivity contribution < 1.29 is 118 Å². The number of pyridine rings is 2. The first-order chi connectivity index (χ1) is 49.9. The van der Waals surface area contributed by atoms with Gasteiger partial charge in [-0.05, 0) is 76.3 Å². The second-order valence-electron chi connectivity index (χ2n) is 28.1. The van der Waals surface area contributed by atoms with Crippen LogP contribution in [0.5, 0.6) is 0 Å². The Morgan fingerprint density at radius 2 is 0.897 bits per heavy atom. The van der Waals surface area contributed by atoms with E-state index in [0.717, 1.165) is 112 Å². The summed E-state index contributed by atoms with van der Waals surface area (Å²) in [6.07, 6.45) is -5.04. The maximum Gasteiger partial charge on any atom is 0.346 e. The Balaban J connectivity index is 0.000000160. The Morgan fingerprint density at radius 1 is 0.533 bits per heavy atom. The van der Waals surface area contributed by atoms with Crippen LogP contribution in [-0.4, -0.2) is 267 Å². The summed E-state index contributed by atoms with van der Waals surface area (Å²) in [6.45, 7) is 2.01. The third-order valence-electron chi connectivity index (χ3n) is 19.9. The summed E-state index contributed by atoms with van der Waals surface area (Å²) < 4.78 is 130. The van der Waals surface area contributed by atoms with Gasteiger partial charge in [-0.25, -0.2) is 35.2 Å². The monoisotopic (exact) mass is 1690 g/mol. The van der Waals surface area contributed by atoms with Gasteiger partial charge in [0.1, 0.15) is 65.2 Å². The molecule has 1 amide bonds. The van der Waals surface area contributed by atoms with Crippen LogP contribution in [0.15, 0.2) is 12.1 Å². The summed E-state index contributed by atoms with van der Waals surface area (Å²) in [5, 5.41) is 100.0. The van der Waals surface area contributed by atoms with Crippen molar-refractivity contribution in [2.45, 2.75) is 223 Å². The Hall–Kier alpha value is -4.74. The lowest BCUT2D eigenvalue weighted by Gasteiger charge is -2.27. The number of aromatic nitrogens is 13. The SMILES string of the molecule is CC(=O)NCC(P(=O)(O)O)S(=O)(=O)C[C@H]1O[C@@H](n2nnc3c(NC4CCCC4)cc(Cl)nc32)[C@H](O)[C@@H]1O.CC(C)(P(=O)(O)O)S(=O)(=O)C[C@H]1O[C@@H](n2nnc3c(NC4CCCC4)cc(Cl)nc32)[C@H](O)[C@@H]1O.O=P(O)(O)C(CC1CC1)S(=O)(=O)C[C@H]1O[C@@H](n2nnc3c(NC4CCCC4)nc(Cl)nc32)[C@H](O)[C@@H]1O. The van der Waals surface area contributed by atoms with Crippen LogP contribution in [0.1, 0.15) is 136 Å². The van der Waals surface area contributed by atoms with Gasteiger partial charge in [-0.15, -0.1) is 15.3 Å². The van der Waals surface area contributed by atoms with Gasteiger partial charge in [0, 0.05) is 43.7 Å². The largest absolute Gasteiger partial charge is 0.387 e. The van der Waals surface area contributed by atoms with Crippen LogP contribution in [-0.2, 0) is 62.2 Å². The summed E-state index contributed by atoms with van der Waals surface area (Å²) >= 11 is 18.5. The number of hydrogen-bond donors (Lipinski definition) is 16. The van der Waals surface area contributed by atoms with E-state index in [4.69, 9.17) is 49.0 Å². The lowest BCUT2D eigenvalue weighted by Crippen LogP contribution is -2.42. The fourth-order valence-corrected chi connectivity index (χ4v) is 24.5. The fraction of sp³-hybridized carbons (Fsp3) is 0.732. The molecule has 0 bridgehead atoms. The molecule has 16 N–H and O–H groups in total. The van der Waals surface area contributed by atoms with Gasteiger partial charge in [0.05, 0.1) is 28.6 Å². The number of amides is 1. The van der Waals surface area contributed by atoms with E-state index in [-0.39, 0.29) is 68.5 Å². The zero-order valence-electron chi connectivity index (χ0n) is 57.2. The molecule has 3 saturated heterocycles. The summed E-state index contributed by atoms with van der Waals surface area (Å²) in [5.41, 5.74) is 2.51. The normalized spacial score (nSPS) is 27.2. The number of carbonyl (C=O) groups excluding carboxylic acids is 1. The number of carbonyl (C=O) groups is 1. The topological polar surface area (TPSA) is 633 Å². The Labute approximate surface area is 625 Å². The molecule has 0 aromatic carbocycles. The predicted octanol–water partition coefficient (Wildman–Crippen LogP) is 0.857. The molecule has 3 aliphatic heterocycles. The van der Waals surface area contributed by atoms with E-state index in [9.17, 15) is 104 Å². The highest BCUT2D eigenvalue weighted by atomic mass is 35.5. The van der Waals surface area contributed by atoms with Crippen molar-refractivity contribution in [2.24, 2.45) is 5.92 Å². The van der Waals surface area contributed by atoms with Crippen LogP contribution in [0.4, 0.5) is 17.2 Å². The summed E-state index contributed by atoms with van der Waals surface area (Å²) in [6, 6.07) is 3.85. The third-order valence-corrected chi connectivity index (χ3v) is 34.8. The summed E-state index contributed by atoms with van der Waals surface area (Å²) in [5.74, 6) is -3.27. The molecule has 51 heteroatoms. The second-order valence-corrected chi connectivity index (χ2v) is 43.1. The molecule has 13 rings (SSSR count). The minimum Gasteiger partial charge on any atom is -0.387 e. The van der Waals surface area contributed by atoms with Gasteiger partial charge >= 0.3 is 22.8 Å². The van der Waals surface area contributed by atoms with E-state index < -0.39 is 170 Å². The number of fused-ring (bicyclic) bond motifs is 3. The van der Waals surface area contributed by atoms with E-state index in [0.29, 0.717) is 41.1 Å². The Kier molecular flexibility index (Phi) is 25.2. The van der Waals surface area contributed by atoms with Crippen molar-refractivity contribution in [3.8, 4) is 0 Å². The molecule has 596 valence electrons. The van der Waals surface area contributed by atoms with Gasteiger partial charge in [-0.1, -0.05) is 90.2 Å². The Morgan fingerprint density at radius 3 is 1.27 bits per heavy atom. The van der Waals surface area contributed by atoms with Crippen LogP contribution in [0.25, 0.3) is 33.5 Å². The van der Waals surface area contributed by atoms with Gasteiger partial charge in [0.2, 0.25) is 11.2 Å². The van der Waals surface area contributed by atoms with Crippen molar-refractivity contribution in [3.63, 3.8) is 0 Å². The maximum absolute atomic E-state index is 13.0. The molecular formula is C56H83Cl3N17O25P3S3. The number of sulfone groups is 3. The number of halogens is 3. The van der Waals surface area contributed by atoms with Crippen LogP contribution < -0.4 is 21.3 Å². The molecule has 6 aromatic heterocycles. The number of aliphatic hydroxyl groups excluding tert-OH is 6. The highest BCUT2D eigenvalue weighted by Crippen LogP contribution is 2.55. The molecule has 0 spiro atoms. The van der Waals surface area contributed by atoms with Crippen molar-refractivity contribution >= 4 is 144 Å². The summed E-state index contributed by atoms with van der Waals surface area (Å²) in [4.78, 5) is 81.2. The van der Waals surface area contributed by atoms with Crippen LogP contribution in [0, 0.1) is 5.92 Å². The van der Waals surface area contributed by atoms with Crippen LogP contribution in [0.3, 0.4) is 0 Å². The van der Waals surface area contributed by atoms with Gasteiger partial charge in [0.15, 0.2) is 102 Å². The minimum absolute atomic E-state index is 0.0665. The number of rotatable bonds is 25. The molecule has 14 atom stereocenters. The predicted molar refractivity (Wildman–Crippen MR) is 379 cm³/mol. The van der Waals surface area contributed by atoms with Gasteiger partial charge in [0.25, 0.3) is 0 Å². The molecule has 9 heterocycles. The number of aliphatic hydroxyl groups is 6. The standard InChI is InChI=1S/C19H28ClN6O9PS.C19H28ClN6O8PS.C18H27ClN5O8PS/c1-9(27)21-7-14(36(30,31)32)37(33,34)8-12-16(28)17(29)19(35-12)26-18-15(24-25-26)11(6-13(20)23-18)22-10-4-2-3-5-10;20-19-22-16(21-10-3-1-2-4-10)13-17(23-19)26(25-24-13)18-15(28)14(27)11(34-18)8-36(32,33)12(35(29,30)31)7-9-5-6-9;1-18(2,33(27,28)29)34(30,31)8-11-14(25)15(26)17(32-11)24-16-13(22-23-24)10(7-12(19)21-16)20-9-5-3-4-6-9/h6,10,12,14,16-17,19,28-29H,2-5,7-8H2,1H3,(H,21,27)(H,22,23)(H2,30,31,32);9-12,14-15,18,27-28H,1-8H2,(H,21,22,23)(H2,29,30,31);7,9,11,14-15,17,25-26H,3-6,8H2,1-2H3,(H,20,21)(H2,27,28,29)/t12-,14?,16-,17-,19-;11-,12?,14-,15-,18-;11-,14-,15-,17-/m111/s1. The molecule has 4 saturated carbocycles. The lowest BCUT2D eigenvalue weighted by molar-refractivity contribution is -0.118. The second kappa shape index (κ2) is 32.4. The molecule has 2 unspecified atom stereocenters. The highest BCUT2D eigenvalue weighted by Gasteiger charge is 2.56. The molecule has 7 fully saturated rings. The van der Waals surface area contributed by atoms with Crippen LogP contribution >= 0.6 is 57.6 Å². The van der Waals surface area contributed by atoms with Crippen LogP contribution in [0.2, 0.25) is 15.6 Å². The number of hydrogen-bond acceptors (Lipinski definition) is 32. The van der Waals surface area contributed by atoms with E-state index in [2.05, 4.69) is 72.1 Å². The minimum atomic E-state index is -5.23. The first kappa shape index (κ1) is 83.2. The van der Waals surface area contributed by atoms with E-state index in [1.165, 1.54) is 0 Å². The van der Waals surface area contributed by atoms with E-state index in [1.54, 1.807) is 12.1 Å². The molecule has 42 nitrogen and oxygen atoms in total. The lowest BCUT2D eigenvalue weighted by atomic mass is 10.1. The van der Waals surface area contributed by atoms with Crippen molar-refractivity contribution in [1.29, 1.82) is 0 Å². The number of nitrogens with zero attached hydrogens (tertiary/aromatic N) is 13. The average molecular weight is 1690 g/mol. The molecule has 7 aliphatic rings. The molecule has 6 aromatic rings. The maximum atomic E-state index is 13.0. The van der Waals surface area contributed by atoms with Gasteiger partial charge < -0.3 is 95.5 Å². The zero-order chi connectivity index (χ0) is 78.0. The first-order valence-electron chi connectivity index (χ1n) is 34.0. The van der Waals surface area contributed by atoms with E-state index in [1.807, 2.05) is 0 Å². The first-order valence-corrected chi connectivity index (χ1v) is 45.2. The molecule has 4 aliphatic carbocycles. The van der Waals surface area contributed by atoms with Gasteiger partial charge in [-0.3, -0.25) is 18.5 Å². The molecular weight excluding hydrogens is 1610 g/mol. The number of nitrogens with one attached hydrogen (secondary N) is 4. The Bertz CT molecular complexity index is 4750. The fourth-order valence-electron chi connectivity index (χ4n) is 13.6. The smallest absolute Gasteiger partial charge is 0.346 e. The molecule has 0 radical (unpaired) electrons. The quantitative estimate of drug-likeness (QED) is 0.0215. The number of ether oxygens (including phenoxy) is 3. The van der Waals surface area contributed by atoms with Crippen molar-refractivity contribution in [1.82, 2.24) is 70.2 Å².